The van der Waals surface area contributed by atoms with Crippen LogP contribution in [0.25, 0.3) is 0 Å². The van der Waals surface area contributed by atoms with Crippen molar-refractivity contribution in [2.24, 2.45) is 0 Å². The van der Waals surface area contributed by atoms with Crippen LogP contribution in [0.4, 0.5) is 13.2 Å². The summed E-state index contributed by atoms with van der Waals surface area (Å²) in [6, 6.07) is 4.64. The van der Waals surface area contributed by atoms with Gasteiger partial charge >= 0.3 is 6.18 Å². The van der Waals surface area contributed by atoms with E-state index in [4.69, 9.17) is 5.26 Å². The van der Waals surface area contributed by atoms with Crippen LogP contribution in [0.15, 0.2) is 16.9 Å². The van der Waals surface area contributed by atoms with E-state index in [1.165, 1.54) is 10.6 Å². The number of nitrogens with zero attached hydrogens (tertiary/aromatic N) is 2. The summed E-state index contributed by atoms with van der Waals surface area (Å²) >= 11 is 0. The predicted molar refractivity (Wildman–Crippen MR) is 55.4 cm³/mol. The average molecular weight is 244 g/mol. The van der Waals surface area contributed by atoms with Crippen LogP contribution in [0.2, 0.25) is 0 Å². The molecule has 0 saturated carbocycles. The van der Waals surface area contributed by atoms with Gasteiger partial charge in [0.05, 0.1) is 0 Å². The van der Waals surface area contributed by atoms with Gasteiger partial charge in [0.1, 0.15) is 11.6 Å². The van der Waals surface area contributed by atoms with Gasteiger partial charge in [0.25, 0.3) is 5.56 Å². The predicted octanol–water partition coefficient (Wildman–Crippen LogP) is 2.37. The molecule has 1 heterocycles. The minimum absolute atomic E-state index is 0.0281. The SMILES string of the molecule is Cc1ccc(C#N)c(=O)n1CCCC(F)(F)F. The molecule has 0 atom stereocenters. The van der Waals surface area contributed by atoms with Crippen LogP contribution >= 0.6 is 0 Å². The Morgan fingerprint density at radius 3 is 2.59 bits per heavy atom. The van der Waals surface area contributed by atoms with Gasteiger partial charge in [-0.15, -0.1) is 0 Å². The van der Waals surface area contributed by atoms with Crippen LogP contribution < -0.4 is 5.56 Å². The van der Waals surface area contributed by atoms with Crippen molar-refractivity contribution in [3.05, 3.63) is 33.7 Å². The van der Waals surface area contributed by atoms with Gasteiger partial charge in [-0.25, -0.2) is 0 Å². The molecule has 3 nitrogen and oxygen atoms in total. The lowest BCUT2D eigenvalue weighted by Crippen LogP contribution is -2.25. The molecule has 1 rings (SSSR count). The van der Waals surface area contributed by atoms with Crippen molar-refractivity contribution in [3.63, 3.8) is 0 Å². The normalized spacial score (nSPS) is 11.2. The number of hydrogen-bond donors (Lipinski definition) is 0. The Morgan fingerprint density at radius 2 is 2.06 bits per heavy atom. The minimum Gasteiger partial charge on any atom is -0.312 e. The maximum Gasteiger partial charge on any atom is 0.389 e. The standard InChI is InChI=1S/C11H11F3N2O/c1-8-3-4-9(7-15)10(17)16(8)6-2-5-11(12,13)14/h3-4H,2,5-6H2,1H3. The van der Waals surface area contributed by atoms with E-state index in [0.29, 0.717) is 5.69 Å². The third-order valence-electron chi connectivity index (χ3n) is 2.35. The molecule has 0 aromatic carbocycles. The van der Waals surface area contributed by atoms with E-state index in [2.05, 4.69) is 0 Å². The Kier molecular flexibility index (Phi) is 3.94. The second kappa shape index (κ2) is 5.04. The van der Waals surface area contributed by atoms with E-state index in [1.54, 1.807) is 19.1 Å². The highest BCUT2D eigenvalue weighted by Crippen LogP contribution is 2.21. The molecule has 0 spiro atoms. The van der Waals surface area contributed by atoms with Gasteiger partial charge < -0.3 is 4.57 Å². The molecule has 0 saturated heterocycles. The molecule has 1 aromatic rings. The number of nitriles is 1. The van der Waals surface area contributed by atoms with Crippen LogP contribution in [0, 0.1) is 18.3 Å². The van der Waals surface area contributed by atoms with Gasteiger partial charge in [0.2, 0.25) is 0 Å². The topological polar surface area (TPSA) is 45.8 Å². The first-order chi connectivity index (χ1) is 7.85. The Labute approximate surface area is 96.1 Å². The number of rotatable bonds is 3. The quantitative estimate of drug-likeness (QED) is 0.819. The van der Waals surface area contributed by atoms with E-state index in [1.807, 2.05) is 0 Å². The number of halogens is 3. The van der Waals surface area contributed by atoms with E-state index < -0.39 is 18.2 Å². The molecule has 0 amide bonds. The van der Waals surface area contributed by atoms with Crippen molar-refractivity contribution >= 4 is 0 Å². The highest BCUT2D eigenvalue weighted by molar-refractivity contribution is 5.27. The van der Waals surface area contributed by atoms with Crippen molar-refractivity contribution < 1.29 is 13.2 Å². The molecule has 0 aliphatic heterocycles. The molecule has 0 N–H and O–H groups in total. The molecule has 92 valence electrons. The molecular weight excluding hydrogens is 233 g/mol. The fourth-order valence-corrected chi connectivity index (χ4v) is 1.47. The largest absolute Gasteiger partial charge is 0.389 e. The summed E-state index contributed by atoms with van der Waals surface area (Å²) in [5, 5.41) is 8.65. The zero-order valence-electron chi connectivity index (χ0n) is 9.21. The molecular formula is C11H11F3N2O. The van der Waals surface area contributed by atoms with Crippen LogP contribution in [0.5, 0.6) is 0 Å². The smallest absolute Gasteiger partial charge is 0.312 e. The molecule has 6 heteroatoms. The summed E-state index contributed by atoms with van der Waals surface area (Å²) in [5.74, 6) is 0. The lowest BCUT2D eigenvalue weighted by molar-refractivity contribution is -0.135. The lowest BCUT2D eigenvalue weighted by Gasteiger charge is -2.11. The first-order valence-electron chi connectivity index (χ1n) is 5.02. The molecule has 0 fully saturated rings. The number of pyridine rings is 1. The molecule has 0 aliphatic carbocycles. The molecule has 0 unspecified atom stereocenters. The van der Waals surface area contributed by atoms with E-state index >= 15 is 0 Å². The van der Waals surface area contributed by atoms with Crippen LogP contribution in [-0.4, -0.2) is 10.7 Å². The molecule has 0 bridgehead atoms. The Bertz CT molecular complexity index is 497. The van der Waals surface area contributed by atoms with E-state index in [-0.39, 0.29) is 18.5 Å². The van der Waals surface area contributed by atoms with Gasteiger partial charge in [-0.3, -0.25) is 4.79 Å². The van der Waals surface area contributed by atoms with Crippen molar-refractivity contribution in [1.82, 2.24) is 4.57 Å². The summed E-state index contributed by atoms with van der Waals surface area (Å²) in [4.78, 5) is 11.6. The summed E-state index contributed by atoms with van der Waals surface area (Å²) < 4.78 is 37.1. The third-order valence-corrected chi connectivity index (χ3v) is 2.35. The summed E-state index contributed by atoms with van der Waals surface area (Å²) in [6.45, 7) is 1.59. The summed E-state index contributed by atoms with van der Waals surface area (Å²) in [5.41, 5.74) is -0.0338. The lowest BCUT2D eigenvalue weighted by atomic mass is 10.2. The average Bonchev–Trinajstić information content (AvgIpc) is 2.21. The van der Waals surface area contributed by atoms with Crippen molar-refractivity contribution in [1.29, 1.82) is 5.26 Å². The van der Waals surface area contributed by atoms with Crippen LogP contribution in [-0.2, 0) is 6.54 Å². The highest BCUT2D eigenvalue weighted by Gasteiger charge is 2.26. The maximum atomic E-state index is 12.0. The van der Waals surface area contributed by atoms with Crippen LogP contribution in [0.3, 0.4) is 0 Å². The summed E-state index contributed by atoms with van der Waals surface area (Å²) in [7, 11) is 0. The fraction of sp³-hybridized carbons (Fsp3) is 0.455. The van der Waals surface area contributed by atoms with Gasteiger partial charge in [-0.1, -0.05) is 0 Å². The monoisotopic (exact) mass is 244 g/mol. The fourth-order valence-electron chi connectivity index (χ4n) is 1.47. The van der Waals surface area contributed by atoms with Gasteiger partial charge in [-0.05, 0) is 25.5 Å². The molecule has 17 heavy (non-hydrogen) atoms. The molecule has 0 aliphatic rings. The maximum absolute atomic E-state index is 12.0. The first-order valence-corrected chi connectivity index (χ1v) is 5.02. The van der Waals surface area contributed by atoms with Gasteiger partial charge in [-0.2, -0.15) is 18.4 Å². The Balaban J connectivity index is 2.85. The van der Waals surface area contributed by atoms with Crippen molar-refractivity contribution in [2.75, 3.05) is 0 Å². The second-order valence-electron chi connectivity index (χ2n) is 3.68. The Morgan fingerprint density at radius 1 is 1.41 bits per heavy atom. The van der Waals surface area contributed by atoms with Gasteiger partial charge in [0, 0.05) is 18.7 Å². The minimum atomic E-state index is -4.22. The highest BCUT2D eigenvalue weighted by atomic mass is 19.4. The molecule has 1 aromatic heterocycles. The van der Waals surface area contributed by atoms with Crippen LogP contribution in [0.1, 0.15) is 24.1 Å². The Hall–Kier alpha value is -1.77. The second-order valence-corrected chi connectivity index (χ2v) is 3.68. The molecule has 0 radical (unpaired) electrons. The zero-order valence-corrected chi connectivity index (χ0v) is 9.21. The van der Waals surface area contributed by atoms with Crippen molar-refractivity contribution in [2.45, 2.75) is 32.5 Å². The zero-order chi connectivity index (χ0) is 13.1. The summed E-state index contributed by atoms with van der Waals surface area (Å²) in [6.07, 6.45) is -5.32. The van der Waals surface area contributed by atoms with E-state index in [0.717, 1.165) is 0 Å². The van der Waals surface area contributed by atoms with Crippen molar-refractivity contribution in [3.8, 4) is 6.07 Å². The third kappa shape index (κ3) is 3.63. The number of aryl methyl sites for hydroxylation is 1. The number of aromatic nitrogens is 1. The number of hydrogen-bond acceptors (Lipinski definition) is 2. The first kappa shape index (κ1) is 13.3. The van der Waals surface area contributed by atoms with Gasteiger partial charge in [0.15, 0.2) is 0 Å². The van der Waals surface area contributed by atoms with E-state index in [9.17, 15) is 18.0 Å². The number of alkyl halides is 3.